The molecule has 0 radical (unpaired) electrons. The highest BCUT2D eigenvalue weighted by atomic mass is 35.5. The molecule has 2 saturated heterocycles. The summed E-state index contributed by atoms with van der Waals surface area (Å²) in [4.78, 5) is 41.2. The van der Waals surface area contributed by atoms with E-state index in [1.165, 1.54) is 11.8 Å². The Hall–Kier alpha value is -3.08. The highest BCUT2D eigenvalue weighted by molar-refractivity contribution is 8.01. The summed E-state index contributed by atoms with van der Waals surface area (Å²) in [6.45, 7) is 4.95. The maximum atomic E-state index is 14.5. The number of amides is 2. The van der Waals surface area contributed by atoms with Gasteiger partial charge in [-0.15, -0.1) is 11.8 Å². The van der Waals surface area contributed by atoms with E-state index in [-0.39, 0.29) is 24.8 Å². The van der Waals surface area contributed by atoms with Crippen LogP contribution in [0, 0.1) is 0 Å². The summed E-state index contributed by atoms with van der Waals surface area (Å²) < 4.78 is 4.33. The van der Waals surface area contributed by atoms with E-state index in [2.05, 4.69) is 20.2 Å². The normalized spacial score (nSPS) is 21.0. The molecule has 2 aliphatic heterocycles. The number of fused-ring (bicyclic) bond motifs is 1. The van der Waals surface area contributed by atoms with Crippen molar-refractivity contribution in [3.05, 3.63) is 94.4 Å². The summed E-state index contributed by atoms with van der Waals surface area (Å²) in [6.07, 6.45) is 4.44. The number of H-pyrrole nitrogens is 1. The molecule has 0 spiro atoms. The van der Waals surface area contributed by atoms with E-state index in [0.717, 1.165) is 66.2 Å². The minimum absolute atomic E-state index is 0.0494. The van der Waals surface area contributed by atoms with Crippen molar-refractivity contribution in [2.45, 2.75) is 35.1 Å². The van der Waals surface area contributed by atoms with Crippen molar-refractivity contribution >= 4 is 57.7 Å². The smallest absolute Gasteiger partial charge is 0.239 e. The number of likely N-dealkylation sites (tertiary alicyclic amines) is 1. The van der Waals surface area contributed by atoms with E-state index in [4.69, 9.17) is 27.9 Å². The van der Waals surface area contributed by atoms with Gasteiger partial charge in [0.25, 0.3) is 0 Å². The van der Waals surface area contributed by atoms with Gasteiger partial charge in [0.15, 0.2) is 0 Å². The van der Waals surface area contributed by atoms with Crippen LogP contribution in [0.2, 0.25) is 10.2 Å². The van der Waals surface area contributed by atoms with E-state index >= 15 is 0 Å². The van der Waals surface area contributed by atoms with Gasteiger partial charge in [-0.1, -0.05) is 53.5 Å². The molecule has 2 N–H and O–H groups in total. The van der Waals surface area contributed by atoms with Crippen molar-refractivity contribution in [3.8, 4) is 0 Å². The van der Waals surface area contributed by atoms with Crippen molar-refractivity contribution in [1.82, 2.24) is 25.1 Å². The molecule has 2 fully saturated rings. The number of rotatable bonds is 10. The van der Waals surface area contributed by atoms with Gasteiger partial charge in [0.2, 0.25) is 11.8 Å². The number of morpholine rings is 1. The lowest BCUT2D eigenvalue weighted by molar-refractivity contribution is -0.129. The zero-order chi connectivity index (χ0) is 29.8. The van der Waals surface area contributed by atoms with E-state index in [1.54, 1.807) is 12.3 Å². The monoisotopic (exact) mass is 637 g/mol. The third kappa shape index (κ3) is 6.56. The number of hydrogen-bond donors (Lipinski definition) is 2. The number of ether oxygens (including phenoxy) is 1. The first-order chi connectivity index (χ1) is 20.9. The van der Waals surface area contributed by atoms with Crippen molar-refractivity contribution < 1.29 is 14.3 Å². The fourth-order valence-corrected chi connectivity index (χ4v) is 7.71. The molecule has 2 aliphatic rings. The summed E-state index contributed by atoms with van der Waals surface area (Å²) in [5, 5.41) is 5.14. The summed E-state index contributed by atoms with van der Waals surface area (Å²) in [7, 11) is 0. The van der Waals surface area contributed by atoms with Gasteiger partial charge in [0.05, 0.1) is 25.7 Å². The Bertz CT molecular complexity index is 1580. The van der Waals surface area contributed by atoms with E-state index in [9.17, 15) is 9.59 Å². The van der Waals surface area contributed by atoms with Crippen LogP contribution in [0.1, 0.15) is 30.0 Å². The fraction of sp³-hybridized carbons (Fsp3) is 0.344. The molecule has 43 heavy (non-hydrogen) atoms. The van der Waals surface area contributed by atoms with E-state index in [1.807, 2.05) is 65.7 Å². The second kappa shape index (κ2) is 13.3. The molecule has 2 amide bonds. The third-order valence-corrected chi connectivity index (χ3v) is 9.95. The number of aromatic amines is 1. The maximum absolute atomic E-state index is 14.5. The first-order valence-corrected chi connectivity index (χ1v) is 16.0. The maximum Gasteiger partial charge on any atom is 0.239 e. The number of benzene rings is 2. The number of aromatic nitrogens is 2. The predicted octanol–water partition coefficient (Wildman–Crippen LogP) is 5.71. The van der Waals surface area contributed by atoms with Crippen molar-refractivity contribution in [3.63, 3.8) is 0 Å². The molecule has 2 aromatic heterocycles. The van der Waals surface area contributed by atoms with Gasteiger partial charge in [-0.05, 0) is 48.9 Å². The topological polar surface area (TPSA) is 90.6 Å². The molecule has 2 aromatic carbocycles. The highest BCUT2D eigenvalue weighted by Crippen LogP contribution is 2.54. The van der Waals surface area contributed by atoms with Crippen LogP contribution in [0.15, 0.2) is 78.0 Å². The zero-order valence-electron chi connectivity index (χ0n) is 23.6. The largest absolute Gasteiger partial charge is 0.379 e. The van der Waals surface area contributed by atoms with Gasteiger partial charge in [0.1, 0.15) is 9.90 Å². The van der Waals surface area contributed by atoms with Gasteiger partial charge in [-0.2, -0.15) is 0 Å². The average Bonchev–Trinajstić information content (AvgIpc) is 3.54. The number of thioether (sulfide) groups is 1. The van der Waals surface area contributed by atoms with E-state index in [0.29, 0.717) is 16.7 Å². The summed E-state index contributed by atoms with van der Waals surface area (Å²) in [5.74, 6) is -0.253. The summed E-state index contributed by atoms with van der Waals surface area (Å²) in [6, 6.07) is 18.5. The van der Waals surface area contributed by atoms with Crippen LogP contribution in [-0.4, -0.2) is 75.7 Å². The summed E-state index contributed by atoms with van der Waals surface area (Å²) in [5.41, 5.74) is 2.54. The Balaban J connectivity index is 1.38. The number of carbonyl (C=O) groups is 2. The van der Waals surface area contributed by atoms with Crippen molar-refractivity contribution in [2.75, 3.05) is 39.4 Å². The number of nitrogens with one attached hydrogen (secondary N) is 2. The minimum atomic E-state index is -1.13. The van der Waals surface area contributed by atoms with Crippen LogP contribution >= 0.6 is 35.0 Å². The number of carbonyl (C=O) groups excluding carboxylic acids is 2. The number of nitrogens with zero attached hydrogens (tertiary/aromatic N) is 3. The van der Waals surface area contributed by atoms with Crippen molar-refractivity contribution in [1.29, 1.82) is 0 Å². The Morgan fingerprint density at radius 2 is 1.93 bits per heavy atom. The second-order valence-corrected chi connectivity index (χ2v) is 13.1. The van der Waals surface area contributed by atoms with Crippen LogP contribution in [0.3, 0.4) is 0 Å². The Kier molecular flexibility index (Phi) is 9.25. The zero-order valence-corrected chi connectivity index (χ0v) is 25.9. The molecule has 4 heterocycles. The number of pyridine rings is 1. The first kappa shape index (κ1) is 30.0. The lowest BCUT2D eigenvalue weighted by Gasteiger charge is -2.36. The van der Waals surface area contributed by atoms with Crippen LogP contribution in [0.5, 0.6) is 0 Å². The molecular formula is C32H33Cl2N5O3S. The van der Waals surface area contributed by atoms with Gasteiger partial charge in [-0.3, -0.25) is 14.5 Å². The lowest BCUT2D eigenvalue weighted by Crippen LogP contribution is -2.48. The van der Waals surface area contributed by atoms with Gasteiger partial charge < -0.3 is 19.9 Å². The fourth-order valence-electron chi connectivity index (χ4n) is 5.98. The van der Waals surface area contributed by atoms with Crippen LogP contribution in [0.4, 0.5) is 0 Å². The molecule has 0 saturated carbocycles. The molecule has 224 valence electrons. The molecule has 6 rings (SSSR count). The SMILES string of the molecule is O=C1C[C@](Sc2ccccc2)(C(=O)NCCCN2CCOCC2)[C@H](c2c[nH]c3cc(Cl)ccc23)N1Cc1ccc(Cl)nc1. The molecule has 0 bridgehead atoms. The summed E-state index contributed by atoms with van der Waals surface area (Å²) >= 11 is 13.8. The van der Waals surface area contributed by atoms with Crippen molar-refractivity contribution in [2.24, 2.45) is 0 Å². The molecule has 0 aliphatic carbocycles. The van der Waals surface area contributed by atoms with Crippen LogP contribution in [-0.2, 0) is 20.9 Å². The lowest BCUT2D eigenvalue weighted by atomic mass is 9.91. The molecule has 2 atom stereocenters. The molecule has 0 unspecified atom stereocenters. The predicted molar refractivity (Wildman–Crippen MR) is 170 cm³/mol. The van der Waals surface area contributed by atoms with Gasteiger partial charge in [-0.25, -0.2) is 4.98 Å². The molecular weight excluding hydrogens is 605 g/mol. The van der Waals surface area contributed by atoms with Gasteiger partial charge >= 0.3 is 0 Å². The number of hydrogen-bond acceptors (Lipinski definition) is 6. The third-order valence-electron chi connectivity index (χ3n) is 8.07. The minimum Gasteiger partial charge on any atom is -0.379 e. The van der Waals surface area contributed by atoms with Crippen LogP contribution < -0.4 is 5.32 Å². The Labute approximate surface area is 265 Å². The van der Waals surface area contributed by atoms with E-state index < -0.39 is 10.8 Å². The Morgan fingerprint density at radius 1 is 1.12 bits per heavy atom. The Morgan fingerprint density at radius 3 is 2.70 bits per heavy atom. The van der Waals surface area contributed by atoms with Gasteiger partial charge in [0, 0.05) is 65.0 Å². The quantitative estimate of drug-likeness (QED) is 0.171. The molecule has 8 nitrogen and oxygen atoms in total. The molecule has 4 aromatic rings. The first-order valence-electron chi connectivity index (χ1n) is 14.4. The second-order valence-electron chi connectivity index (χ2n) is 10.9. The molecule has 11 heteroatoms. The number of halogens is 2. The average molecular weight is 639 g/mol. The highest BCUT2D eigenvalue weighted by Gasteiger charge is 2.58. The van der Waals surface area contributed by atoms with Crippen LogP contribution in [0.25, 0.3) is 10.9 Å². The standard InChI is InChI=1S/C32H33Cl2N5O3S/c33-23-8-9-25-26(20-36-27(25)17-23)30-32(43-24-5-2-1-3-6-24,31(41)35-11-4-12-38-13-15-42-16-14-38)18-29(40)39(30)21-22-7-10-28(34)37-19-22/h1-3,5-10,17,19-20,30,36H,4,11-16,18,21H2,(H,35,41)/t30-,32+/m0/s1.